The fourth-order valence-electron chi connectivity index (χ4n) is 3.22. The van der Waals surface area contributed by atoms with Crippen LogP contribution in [0.15, 0.2) is 48.5 Å². The Kier molecular flexibility index (Phi) is 4.94. The van der Waals surface area contributed by atoms with Crippen LogP contribution in [0.5, 0.6) is 0 Å². The molecular formula is C22H23FN2O. The van der Waals surface area contributed by atoms with Gasteiger partial charge in [0, 0.05) is 16.9 Å². The third-order valence-electron chi connectivity index (χ3n) is 4.91. The SMILES string of the molecule is Cc1cccc(NC(=O)c2c(C)c(C)c(C)n2Cc2ccccc2F)c1. The van der Waals surface area contributed by atoms with Crippen molar-refractivity contribution in [2.24, 2.45) is 0 Å². The molecule has 1 aromatic heterocycles. The van der Waals surface area contributed by atoms with Gasteiger partial charge in [0.2, 0.25) is 0 Å². The number of aromatic nitrogens is 1. The summed E-state index contributed by atoms with van der Waals surface area (Å²) in [6, 6.07) is 14.4. The maximum Gasteiger partial charge on any atom is 0.272 e. The van der Waals surface area contributed by atoms with Crippen LogP contribution in [0.1, 0.15) is 38.4 Å². The number of carbonyl (C=O) groups is 1. The number of rotatable bonds is 4. The molecule has 0 spiro atoms. The first-order valence-corrected chi connectivity index (χ1v) is 8.66. The molecule has 3 nitrogen and oxygen atoms in total. The maximum absolute atomic E-state index is 14.1. The van der Waals surface area contributed by atoms with Crippen molar-refractivity contribution in [2.75, 3.05) is 5.32 Å². The lowest BCUT2D eigenvalue weighted by Gasteiger charge is -2.14. The van der Waals surface area contributed by atoms with Gasteiger partial charge in [-0.05, 0) is 62.6 Å². The van der Waals surface area contributed by atoms with Crippen LogP contribution in [0.4, 0.5) is 10.1 Å². The van der Waals surface area contributed by atoms with Crippen molar-refractivity contribution in [3.63, 3.8) is 0 Å². The van der Waals surface area contributed by atoms with Crippen LogP contribution in [-0.4, -0.2) is 10.5 Å². The summed E-state index contributed by atoms with van der Waals surface area (Å²) in [6.07, 6.45) is 0. The van der Waals surface area contributed by atoms with Crippen molar-refractivity contribution in [3.05, 3.63) is 88.0 Å². The number of nitrogens with one attached hydrogen (secondary N) is 1. The minimum absolute atomic E-state index is 0.180. The molecule has 26 heavy (non-hydrogen) atoms. The second-order valence-electron chi connectivity index (χ2n) is 6.69. The third-order valence-corrected chi connectivity index (χ3v) is 4.91. The predicted molar refractivity (Wildman–Crippen MR) is 103 cm³/mol. The average Bonchev–Trinajstić information content (AvgIpc) is 2.81. The second kappa shape index (κ2) is 7.16. The summed E-state index contributed by atoms with van der Waals surface area (Å²) in [5, 5.41) is 2.97. The van der Waals surface area contributed by atoms with Gasteiger partial charge in [0.25, 0.3) is 5.91 Å². The Morgan fingerprint density at radius 3 is 2.42 bits per heavy atom. The smallest absolute Gasteiger partial charge is 0.272 e. The Labute approximate surface area is 153 Å². The highest BCUT2D eigenvalue weighted by Crippen LogP contribution is 2.24. The first kappa shape index (κ1) is 17.9. The van der Waals surface area contributed by atoms with Crippen LogP contribution in [0, 0.1) is 33.5 Å². The number of hydrogen-bond donors (Lipinski definition) is 1. The van der Waals surface area contributed by atoms with Gasteiger partial charge in [-0.15, -0.1) is 0 Å². The molecule has 2 aromatic carbocycles. The molecule has 1 N–H and O–H groups in total. The van der Waals surface area contributed by atoms with E-state index in [2.05, 4.69) is 5.32 Å². The van der Waals surface area contributed by atoms with Gasteiger partial charge in [-0.2, -0.15) is 0 Å². The Morgan fingerprint density at radius 2 is 1.73 bits per heavy atom. The van der Waals surface area contributed by atoms with Crippen LogP contribution in [0.2, 0.25) is 0 Å². The molecule has 0 aliphatic heterocycles. The molecule has 4 heteroatoms. The summed E-state index contributed by atoms with van der Waals surface area (Å²) < 4.78 is 16.0. The van der Waals surface area contributed by atoms with Crippen LogP contribution in [0.3, 0.4) is 0 Å². The molecule has 0 fully saturated rings. The second-order valence-corrected chi connectivity index (χ2v) is 6.69. The lowest BCUT2D eigenvalue weighted by molar-refractivity contribution is 0.101. The monoisotopic (exact) mass is 350 g/mol. The number of benzene rings is 2. The molecule has 134 valence electrons. The van der Waals surface area contributed by atoms with Gasteiger partial charge in [-0.1, -0.05) is 30.3 Å². The van der Waals surface area contributed by atoms with Crippen molar-refractivity contribution in [1.29, 1.82) is 0 Å². The van der Waals surface area contributed by atoms with E-state index in [1.54, 1.807) is 12.1 Å². The Hall–Kier alpha value is -2.88. The number of anilines is 1. The molecule has 0 unspecified atom stereocenters. The van der Waals surface area contributed by atoms with E-state index in [1.807, 2.05) is 62.6 Å². The zero-order valence-corrected chi connectivity index (χ0v) is 15.6. The van der Waals surface area contributed by atoms with Gasteiger partial charge in [0.1, 0.15) is 11.5 Å². The van der Waals surface area contributed by atoms with Crippen LogP contribution in [0.25, 0.3) is 0 Å². The maximum atomic E-state index is 14.1. The molecular weight excluding hydrogens is 327 g/mol. The van der Waals surface area contributed by atoms with Crippen molar-refractivity contribution < 1.29 is 9.18 Å². The predicted octanol–water partition coefficient (Wildman–Crippen LogP) is 5.16. The van der Waals surface area contributed by atoms with Crippen LogP contribution in [-0.2, 0) is 6.54 Å². The van der Waals surface area contributed by atoms with E-state index in [0.29, 0.717) is 17.8 Å². The van der Waals surface area contributed by atoms with Crippen molar-refractivity contribution in [1.82, 2.24) is 4.57 Å². The van der Waals surface area contributed by atoms with E-state index in [1.165, 1.54) is 6.07 Å². The molecule has 1 heterocycles. The van der Waals surface area contributed by atoms with E-state index in [-0.39, 0.29) is 11.7 Å². The highest BCUT2D eigenvalue weighted by molar-refractivity contribution is 6.04. The molecule has 3 rings (SSSR count). The largest absolute Gasteiger partial charge is 0.336 e. The molecule has 0 aliphatic carbocycles. The highest BCUT2D eigenvalue weighted by Gasteiger charge is 2.21. The van der Waals surface area contributed by atoms with Gasteiger partial charge in [0.15, 0.2) is 0 Å². The standard InChI is InChI=1S/C22H23FN2O/c1-14-8-7-10-19(12-14)24-22(26)21-16(3)15(2)17(4)25(21)13-18-9-5-6-11-20(18)23/h5-12H,13H2,1-4H3,(H,24,26). The summed E-state index contributed by atoms with van der Waals surface area (Å²) in [5.74, 6) is -0.443. The Balaban J connectivity index is 2.00. The number of carbonyl (C=O) groups excluding carboxylic acids is 1. The van der Waals surface area contributed by atoms with Gasteiger partial charge >= 0.3 is 0 Å². The van der Waals surface area contributed by atoms with E-state index in [0.717, 1.165) is 28.1 Å². The van der Waals surface area contributed by atoms with E-state index < -0.39 is 0 Å². The number of amides is 1. The summed E-state index contributed by atoms with van der Waals surface area (Å²) in [4.78, 5) is 13.0. The Morgan fingerprint density at radius 1 is 1.00 bits per heavy atom. The normalized spacial score (nSPS) is 10.8. The minimum Gasteiger partial charge on any atom is -0.336 e. The number of hydrogen-bond acceptors (Lipinski definition) is 1. The van der Waals surface area contributed by atoms with E-state index >= 15 is 0 Å². The molecule has 0 saturated carbocycles. The summed E-state index contributed by atoms with van der Waals surface area (Å²) in [7, 11) is 0. The average molecular weight is 350 g/mol. The van der Waals surface area contributed by atoms with Gasteiger partial charge in [0.05, 0.1) is 6.54 Å². The van der Waals surface area contributed by atoms with Gasteiger partial charge in [-0.25, -0.2) is 4.39 Å². The summed E-state index contributed by atoms with van der Waals surface area (Å²) in [6.45, 7) is 8.20. The van der Waals surface area contributed by atoms with Gasteiger partial charge < -0.3 is 9.88 Å². The van der Waals surface area contributed by atoms with E-state index in [4.69, 9.17) is 0 Å². The minimum atomic E-state index is -0.263. The zero-order valence-electron chi connectivity index (χ0n) is 15.6. The summed E-state index contributed by atoms with van der Waals surface area (Å²) in [5.41, 5.74) is 5.91. The molecule has 0 saturated heterocycles. The van der Waals surface area contributed by atoms with Crippen molar-refractivity contribution >= 4 is 11.6 Å². The van der Waals surface area contributed by atoms with Gasteiger partial charge in [-0.3, -0.25) is 4.79 Å². The van der Waals surface area contributed by atoms with Crippen LogP contribution >= 0.6 is 0 Å². The summed E-state index contributed by atoms with van der Waals surface area (Å²) >= 11 is 0. The first-order valence-electron chi connectivity index (χ1n) is 8.66. The zero-order chi connectivity index (χ0) is 18.8. The third kappa shape index (κ3) is 3.40. The first-order chi connectivity index (χ1) is 12.4. The molecule has 0 radical (unpaired) electrons. The molecule has 0 atom stereocenters. The highest BCUT2D eigenvalue weighted by atomic mass is 19.1. The van der Waals surface area contributed by atoms with Crippen molar-refractivity contribution in [3.8, 4) is 0 Å². The molecule has 0 aliphatic rings. The molecule has 0 bridgehead atoms. The fourth-order valence-corrected chi connectivity index (χ4v) is 3.22. The Bertz CT molecular complexity index is 972. The fraction of sp³-hybridized carbons (Fsp3) is 0.227. The molecule has 3 aromatic rings. The molecule has 1 amide bonds. The van der Waals surface area contributed by atoms with Crippen molar-refractivity contribution in [2.45, 2.75) is 34.2 Å². The quantitative estimate of drug-likeness (QED) is 0.693. The lowest BCUT2D eigenvalue weighted by atomic mass is 10.1. The van der Waals surface area contributed by atoms with E-state index in [9.17, 15) is 9.18 Å². The topological polar surface area (TPSA) is 34.0 Å². The lowest BCUT2D eigenvalue weighted by Crippen LogP contribution is -2.19. The number of aryl methyl sites for hydroxylation is 1. The van der Waals surface area contributed by atoms with Crippen LogP contribution < -0.4 is 5.32 Å². The number of halogens is 1. The number of nitrogens with zero attached hydrogens (tertiary/aromatic N) is 1.